The van der Waals surface area contributed by atoms with Crippen LogP contribution in [0.3, 0.4) is 0 Å². The Bertz CT molecular complexity index is 1050. The van der Waals surface area contributed by atoms with Crippen LogP contribution in [-0.4, -0.2) is 24.2 Å². The largest absolute Gasteiger partial charge is 0.497 e. The number of nitrogens with one attached hydrogen (secondary N) is 1. The number of hydrogen-bond donors (Lipinski definition) is 1. The molecule has 4 aromatic rings. The molecule has 0 saturated heterocycles. The monoisotopic (exact) mass is 360 g/mol. The number of H-pyrrole nitrogens is 1. The summed E-state index contributed by atoms with van der Waals surface area (Å²) in [5, 5.41) is 1.08. The van der Waals surface area contributed by atoms with Gasteiger partial charge in [0.05, 0.1) is 14.2 Å². The number of hydrogen-bond acceptors (Lipinski definition) is 4. The highest BCUT2D eigenvalue weighted by atomic mass is 16.5. The average molecular weight is 360 g/mol. The van der Waals surface area contributed by atoms with Crippen molar-refractivity contribution < 1.29 is 14.2 Å². The van der Waals surface area contributed by atoms with Crippen LogP contribution in [0.5, 0.6) is 17.2 Å². The predicted molar refractivity (Wildman–Crippen MR) is 105 cm³/mol. The first-order chi connectivity index (χ1) is 13.3. The minimum atomic E-state index is 0.455. The second kappa shape index (κ2) is 7.41. The normalized spacial score (nSPS) is 10.7. The third-order valence-electron chi connectivity index (χ3n) is 4.45. The molecule has 0 saturated carbocycles. The molecule has 0 aliphatic carbocycles. The van der Waals surface area contributed by atoms with Crippen molar-refractivity contribution in [2.45, 2.75) is 6.61 Å². The van der Waals surface area contributed by atoms with Gasteiger partial charge in [-0.15, -0.1) is 0 Å². The van der Waals surface area contributed by atoms with Gasteiger partial charge in [0, 0.05) is 23.3 Å². The maximum atomic E-state index is 5.95. The van der Waals surface area contributed by atoms with E-state index in [2.05, 4.69) is 16.0 Å². The molecule has 0 aliphatic heterocycles. The number of pyridine rings is 1. The molecule has 2 heterocycles. The Morgan fingerprint density at radius 2 is 1.70 bits per heavy atom. The van der Waals surface area contributed by atoms with Crippen LogP contribution in [0.1, 0.15) is 5.56 Å². The fourth-order valence-electron chi connectivity index (χ4n) is 2.95. The molecular weight excluding hydrogens is 340 g/mol. The topological polar surface area (TPSA) is 56.4 Å². The van der Waals surface area contributed by atoms with E-state index in [4.69, 9.17) is 14.2 Å². The van der Waals surface area contributed by atoms with Crippen LogP contribution in [0.25, 0.3) is 22.2 Å². The number of rotatable bonds is 6. The van der Waals surface area contributed by atoms with Gasteiger partial charge in [-0.05, 0) is 47.5 Å². The second-order valence-corrected chi connectivity index (χ2v) is 6.14. The number of aromatic nitrogens is 2. The van der Waals surface area contributed by atoms with Crippen molar-refractivity contribution in [3.8, 4) is 28.4 Å². The lowest BCUT2D eigenvalue weighted by atomic mass is 10.1. The number of nitrogens with zero attached hydrogens (tertiary/aromatic N) is 1. The molecule has 1 N–H and O–H groups in total. The standard InChI is InChI=1S/C22H20N2O3/c1-25-19-6-3-15(4-7-19)14-27-20-8-5-16(12-21(20)26-2)18-11-17-9-10-23-22(17)24-13-18/h3-13H,14H2,1-2H3,(H,23,24). The SMILES string of the molecule is COc1ccc(COc2ccc(-c3cnc4[nH]ccc4c3)cc2OC)cc1. The third kappa shape index (κ3) is 3.58. The highest BCUT2D eigenvalue weighted by molar-refractivity contribution is 5.81. The van der Waals surface area contributed by atoms with Crippen molar-refractivity contribution in [1.29, 1.82) is 0 Å². The Kier molecular flexibility index (Phi) is 4.66. The summed E-state index contributed by atoms with van der Waals surface area (Å²) >= 11 is 0. The molecule has 0 radical (unpaired) electrons. The third-order valence-corrected chi connectivity index (χ3v) is 4.45. The molecule has 0 bridgehead atoms. The number of methoxy groups -OCH3 is 2. The van der Waals surface area contributed by atoms with Gasteiger partial charge in [0.1, 0.15) is 18.0 Å². The molecular formula is C22H20N2O3. The average Bonchev–Trinajstić information content (AvgIpc) is 3.20. The van der Waals surface area contributed by atoms with Crippen LogP contribution < -0.4 is 14.2 Å². The molecule has 0 fully saturated rings. The maximum absolute atomic E-state index is 5.95. The van der Waals surface area contributed by atoms with E-state index in [-0.39, 0.29) is 0 Å². The first-order valence-corrected chi connectivity index (χ1v) is 8.64. The van der Waals surface area contributed by atoms with Gasteiger partial charge in [-0.3, -0.25) is 0 Å². The van der Waals surface area contributed by atoms with Crippen molar-refractivity contribution in [2.75, 3.05) is 14.2 Å². The molecule has 0 unspecified atom stereocenters. The summed E-state index contributed by atoms with van der Waals surface area (Å²) in [6.07, 6.45) is 3.74. The van der Waals surface area contributed by atoms with Crippen molar-refractivity contribution in [2.24, 2.45) is 0 Å². The van der Waals surface area contributed by atoms with Gasteiger partial charge in [0.15, 0.2) is 11.5 Å². The van der Waals surface area contributed by atoms with Crippen LogP contribution in [0.2, 0.25) is 0 Å². The minimum absolute atomic E-state index is 0.455. The summed E-state index contributed by atoms with van der Waals surface area (Å²) in [6, 6.07) is 17.8. The molecule has 136 valence electrons. The van der Waals surface area contributed by atoms with Gasteiger partial charge in [-0.1, -0.05) is 18.2 Å². The van der Waals surface area contributed by atoms with Crippen LogP contribution in [-0.2, 0) is 6.61 Å². The highest BCUT2D eigenvalue weighted by Crippen LogP contribution is 2.33. The highest BCUT2D eigenvalue weighted by Gasteiger charge is 2.09. The van der Waals surface area contributed by atoms with E-state index in [0.717, 1.165) is 33.5 Å². The van der Waals surface area contributed by atoms with E-state index in [1.807, 2.05) is 60.9 Å². The molecule has 2 aromatic carbocycles. The van der Waals surface area contributed by atoms with E-state index in [1.165, 1.54) is 0 Å². The molecule has 4 rings (SSSR count). The minimum Gasteiger partial charge on any atom is -0.497 e. The molecule has 0 spiro atoms. The molecule has 5 heteroatoms. The van der Waals surface area contributed by atoms with Crippen molar-refractivity contribution in [1.82, 2.24) is 9.97 Å². The zero-order valence-corrected chi connectivity index (χ0v) is 15.2. The second-order valence-electron chi connectivity index (χ2n) is 6.14. The van der Waals surface area contributed by atoms with E-state index in [0.29, 0.717) is 18.1 Å². The Labute approximate surface area is 157 Å². The maximum Gasteiger partial charge on any atom is 0.161 e. The van der Waals surface area contributed by atoms with Gasteiger partial charge in [0.25, 0.3) is 0 Å². The number of aromatic amines is 1. The van der Waals surface area contributed by atoms with E-state index < -0.39 is 0 Å². The number of benzene rings is 2. The Morgan fingerprint density at radius 1 is 0.852 bits per heavy atom. The summed E-state index contributed by atoms with van der Waals surface area (Å²) in [5.74, 6) is 2.22. The first kappa shape index (κ1) is 17.0. The lowest BCUT2D eigenvalue weighted by Gasteiger charge is -2.13. The van der Waals surface area contributed by atoms with Crippen LogP contribution in [0, 0.1) is 0 Å². The van der Waals surface area contributed by atoms with Gasteiger partial charge in [-0.25, -0.2) is 4.98 Å². The lowest BCUT2D eigenvalue weighted by molar-refractivity contribution is 0.284. The summed E-state index contributed by atoms with van der Waals surface area (Å²) in [6.45, 7) is 0.455. The van der Waals surface area contributed by atoms with Gasteiger partial charge < -0.3 is 19.2 Å². The fraction of sp³-hybridized carbons (Fsp3) is 0.136. The Hall–Kier alpha value is -3.47. The van der Waals surface area contributed by atoms with Crippen molar-refractivity contribution in [3.05, 3.63) is 72.6 Å². The summed E-state index contributed by atoms with van der Waals surface area (Å²) < 4.78 is 16.7. The summed E-state index contributed by atoms with van der Waals surface area (Å²) in [5.41, 5.74) is 4.00. The zero-order chi connectivity index (χ0) is 18.6. The van der Waals surface area contributed by atoms with Crippen molar-refractivity contribution >= 4 is 11.0 Å². The van der Waals surface area contributed by atoms with Crippen LogP contribution in [0.4, 0.5) is 0 Å². The zero-order valence-electron chi connectivity index (χ0n) is 15.2. The van der Waals surface area contributed by atoms with E-state index >= 15 is 0 Å². The van der Waals surface area contributed by atoms with Crippen LogP contribution >= 0.6 is 0 Å². The first-order valence-electron chi connectivity index (χ1n) is 8.64. The van der Waals surface area contributed by atoms with E-state index in [1.54, 1.807) is 14.2 Å². The fourth-order valence-corrected chi connectivity index (χ4v) is 2.95. The van der Waals surface area contributed by atoms with Gasteiger partial charge in [0.2, 0.25) is 0 Å². The van der Waals surface area contributed by atoms with Gasteiger partial charge >= 0.3 is 0 Å². The summed E-state index contributed by atoms with van der Waals surface area (Å²) in [7, 11) is 3.30. The number of fused-ring (bicyclic) bond motifs is 1. The van der Waals surface area contributed by atoms with Gasteiger partial charge in [-0.2, -0.15) is 0 Å². The molecule has 5 nitrogen and oxygen atoms in total. The van der Waals surface area contributed by atoms with E-state index in [9.17, 15) is 0 Å². The molecule has 0 aliphatic rings. The van der Waals surface area contributed by atoms with Crippen molar-refractivity contribution in [3.63, 3.8) is 0 Å². The summed E-state index contributed by atoms with van der Waals surface area (Å²) in [4.78, 5) is 7.55. The number of ether oxygens (including phenoxy) is 3. The molecule has 0 amide bonds. The molecule has 0 atom stereocenters. The predicted octanol–water partition coefficient (Wildman–Crippen LogP) is 4.83. The Morgan fingerprint density at radius 3 is 2.48 bits per heavy atom. The lowest BCUT2D eigenvalue weighted by Crippen LogP contribution is -1.98. The smallest absolute Gasteiger partial charge is 0.161 e. The quantitative estimate of drug-likeness (QED) is 0.535. The molecule has 27 heavy (non-hydrogen) atoms. The Balaban J connectivity index is 1.55. The molecule has 2 aromatic heterocycles. The van der Waals surface area contributed by atoms with Crippen LogP contribution in [0.15, 0.2) is 67.0 Å².